The van der Waals surface area contributed by atoms with Crippen LogP contribution < -0.4 is 0 Å². The summed E-state index contributed by atoms with van der Waals surface area (Å²) in [7, 11) is -0.493. The highest BCUT2D eigenvalue weighted by Crippen LogP contribution is 2.15. The molecule has 0 saturated carbocycles. The molecule has 0 saturated heterocycles. The molecular formula is C14H20O5Si. The first-order valence-corrected chi connectivity index (χ1v) is 9.74. The highest BCUT2D eigenvalue weighted by molar-refractivity contribution is 6.71. The van der Waals surface area contributed by atoms with Crippen molar-refractivity contribution in [2.75, 3.05) is 20.3 Å². The third-order valence-electron chi connectivity index (χ3n) is 2.29. The van der Waals surface area contributed by atoms with Gasteiger partial charge in [-0.15, -0.1) is 0 Å². The van der Waals surface area contributed by atoms with Gasteiger partial charge in [-0.05, 0) is 31.8 Å². The highest BCUT2D eigenvalue weighted by atomic mass is 28.4. The quantitative estimate of drug-likeness (QED) is 0.458. The Kier molecular flexibility index (Phi) is 5.91. The van der Waals surface area contributed by atoms with Gasteiger partial charge >= 0.3 is 11.9 Å². The van der Waals surface area contributed by atoms with Gasteiger partial charge in [0.2, 0.25) is 8.32 Å². The lowest BCUT2D eigenvalue weighted by atomic mass is 10.1. The zero-order valence-corrected chi connectivity index (χ0v) is 13.3. The molecule has 1 rings (SSSR count). The fourth-order valence-electron chi connectivity index (χ4n) is 1.47. The van der Waals surface area contributed by atoms with Crippen LogP contribution in [0.15, 0.2) is 24.3 Å². The Balaban J connectivity index is 2.87. The molecule has 0 bridgehead atoms. The van der Waals surface area contributed by atoms with Gasteiger partial charge in [-0.3, -0.25) is 0 Å². The molecule has 0 unspecified atom stereocenters. The molecule has 1 aromatic carbocycles. The number of methoxy groups -OCH3 is 1. The van der Waals surface area contributed by atoms with Crippen LogP contribution >= 0.6 is 0 Å². The van der Waals surface area contributed by atoms with E-state index in [-0.39, 0.29) is 17.7 Å². The molecule has 5 nitrogen and oxygen atoms in total. The van der Waals surface area contributed by atoms with Gasteiger partial charge in [-0.1, -0.05) is 12.1 Å². The number of carbonyl (C=O) groups is 2. The largest absolute Gasteiger partial charge is 0.516 e. The van der Waals surface area contributed by atoms with Crippen LogP contribution in [-0.2, 0) is 13.9 Å². The van der Waals surface area contributed by atoms with Crippen molar-refractivity contribution in [2.24, 2.45) is 0 Å². The van der Waals surface area contributed by atoms with Gasteiger partial charge in [0.15, 0.2) is 0 Å². The minimum absolute atomic E-state index is 0.146. The number of hydrogen-bond donors (Lipinski definition) is 0. The fraction of sp³-hybridized carbons (Fsp3) is 0.429. The van der Waals surface area contributed by atoms with Crippen molar-refractivity contribution in [1.29, 1.82) is 0 Å². The van der Waals surface area contributed by atoms with Crippen LogP contribution in [0, 0.1) is 0 Å². The Bertz CT molecular complexity index is 479. The predicted molar refractivity (Wildman–Crippen MR) is 77.4 cm³/mol. The van der Waals surface area contributed by atoms with Gasteiger partial charge in [0.05, 0.1) is 17.7 Å². The maximum Gasteiger partial charge on any atom is 0.339 e. The van der Waals surface area contributed by atoms with Crippen molar-refractivity contribution in [2.45, 2.75) is 19.6 Å². The highest BCUT2D eigenvalue weighted by Gasteiger charge is 2.24. The molecular weight excluding hydrogens is 276 g/mol. The Hall–Kier alpha value is -1.66. The van der Waals surface area contributed by atoms with Crippen molar-refractivity contribution < 1.29 is 23.5 Å². The topological polar surface area (TPSA) is 61.8 Å². The van der Waals surface area contributed by atoms with Crippen LogP contribution in [0.2, 0.25) is 19.6 Å². The maximum atomic E-state index is 12.1. The molecule has 0 radical (unpaired) electrons. The number of benzene rings is 1. The van der Waals surface area contributed by atoms with Crippen LogP contribution in [0.25, 0.3) is 0 Å². The third kappa shape index (κ3) is 5.14. The molecule has 0 amide bonds. The van der Waals surface area contributed by atoms with E-state index >= 15 is 0 Å². The summed E-state index contributed by atoms with van der Waals surface area (Å²) >= 11 is 0. The lowest BCUT2D eigenvalue weighted by Crippen LogP contribution is -2.30. The Morgan fingerprint density at radius 1 is 1.00 bits per heavy atom. The second-order valence-corrected chi connectivity index (χ2v) is 9.61. The van der Waals surface area contributed by atoms with E-state index in [1.165, 1.54) is 7.11 Å². The molecule has 6 heteroatoms. The Morgan fingerprint density at radius 2 is 1.55 bits per heavy atom. The van der Waals surface area contributed by atoms with E-state index in [0.717, 1.165) is 0 Å². The molecule has 0 fully saturated rings. The SMILES string of the molecule is COCCOC(=O)c1ccccc1C(=O)O[Si](C)(C)C. The van der Waals surface area contributed by atoms with E-state index in [4.69, 9.17) is 13.9 Å². The Morgan fingerprint density at radius 3 is 2.05 bits per heavy atom. The van der Waals surface area contributed by atoms with Crippen molar-refractivity contribution in [1.82, 2.24) is 0 Å². The van der Waals surface area contributed by atoms with E-state index < -0.39 is 20.3 Å². The average molecular weight is 296 g/mol. The van der Waals surface area contributed by atoms with E-state index in [1.807, 2.05) is 19.6 Å². The molecule has 110 valence electrons. The lowest BCUT2D eigenvalue weighted by Gasteiger charge is -2.18. The zero-order valence-electron chi connectivity index (χ0n) is 12.3. The lowest BCUT2D eigenvalue weighted by molar-refractivity contribution is 0.0382. The smallest absolute Gasteiger partial charge is 0.339 e. The molecule has 0 N–H and O–H groups in total. The van der Waals surface area contributed by atoms with Crippen molar-refractivity contribution in [3.63, 3.8) is 0 Å². The van der Waals surface area contributed by atoms with Gasteiger partial charge in [0.25, 0.3) is 0 Å². The van der Waals surface area contributed by atoms with Gasteiger partial charge < -0.3 is 13.9 Å². The van der Waals surface area contributed by atoms with Crippen LogP contribution in [-0.4, -0.2) is 40.6 Å². The molecule has 0 aliphatic heterocycles. The van der Waals surface area contributed by atoms with Gasteiger partial charge in [-0.25, -0.2) is 9.59 Å². The van der Waals surface area contributed by atoms with Gasteiger partial charge in [0.1, 0.15) is 6.61 Å². The van der Waals surface area contributed by atoms with Gasteiger partial charge in [0, 0.05) is 7.11 Å². The first-order valence-electron chi connectivity index (χ1n) is 6.33. The van der Waals surface area contributed by atoms with E-state index in [0.29, 0.717) is 6.61 Å². The molecule has 20 heavy (non-hydrogen) atoms. The fourth-order valence-corrected chi connectivity index (χ4v) is 2.13. The second-order valence-electron chi connectivity index (χ2n) is 5.18. The summed E-state index contributed by atoms with van der Waals surface area (Å²) in [6.07, 6.45) is 0. The second kappa shape index (κ2) is 7.21. The number of hydrogen-bond acceptors (Lipinski definition) is 5. The molecule has 0 aliphatic rings. The van der Waals surface area contributed by atoms with Crippen LogP contribution in [0.4, 0.5) is 0 Å². The summed E-state index contributed by atoms with van der Waals surface area (Å²) in [5, 5.41) is 0. The molecule has 1 aromatic rings. The average Bonchev–Trinajstić information content (AvgIpc) is 2.37. The standard InChI is InChI=1S/C14H20O5Si/c1-17-9-10-18-13(15)11-7-5-6-8-12(11)14(16)19-20(2,3)4/h5-8H,9-10H2,1-4H3. The number of esters is 1. The van der Waals surface area contributed by atoms with Crippen molar-refractivity contribution in [3.05, 3.63) is 35.4 Å². The van der Waals surface area contributed by atoms with Crippen molar-refractivity contribution >= 4 is 20.3 Å². The molecule has 0 spiro atoms. The summed E-state index contributed by atoms with van der Waals surface area (Å²) in [6.45, 7) is 6.18. The molecule has 0 aliphatic carbocycles. The Labute approximate surface area is 120 Å². The predicted octanol–water partition coefficient (Wildman–Crippen LogP) is 2.48. The summed E-state index contributed by atoms with van der Waals surface area (Å²) in [6, 6.07) is 6.48. The van der Waals surface area contributed by atoms with Crippen LogP contribution in [0.5, 0.6) is 0 Å². The zero-order chi connectivity index (χ0) is 15.2. The van der Waals surface area contributed by atoms with Crippen LogP contribution in [0.3, 0.4) is 0 Å². The maximum absolute atomic E-state index is 12.1. The van der Waals surface area contributed by atoms with Crippen molar-refractivity contribution in [3.8, 4) is 0 Å². The molecule has 0 aromatic heterocycles. The van der Waals surface area contributed by atoms with E-state index in [9.17, 15) is 9.59 Å². The van der Waals surface area contributed by atoms with E-state index in [1.54, 1.807) is 24.3 Å². The molecule has 0 atom stereocenters. The third-order valence-corrected chi connectivity index (χ3v) is 3.08. The van der Waals surface area contributed by atoms with Gasteiger partial charge in [-0.2, -0.15) is 0 Å². The number of rotatable bonds is 6. The molecule has 0 heterocycles. The summed E-state index contributed by atoms with van der Waals surface area (Å²) < 4.78 is 15.2. The monoisotopic (exact) mass is 296 g/mol. The first kappa shape index (κ1) is 16.4. The minimum atomic E-state index is -2.01. The summed E-state index contributed by atoms with van der Waals surface area (Å²) in [4.78, 5) is 24.0. The van der Waals surface area contributed by atoms with Crippen LogP contribution in [0.1, 0.15) is 20.7 Å². The minimum Gasteiger partial charge on any atom is -0.516 e. The first-order chi connectivity index (χ1) is 9.35. The number of carbonyl (C=O) groups excluding carboxylic acids is 2. The summed E-state index contributed by atoms with van der Waals surface area (Å²) in [5.41, 5.74) is 0.448. The van der Waals surface area contributed by atoms with E-state index in [2.05, 4.69) is 0 Å². The summed E-state index contributed by atoms with van der Waals surface area (Å²) in [5.74, 6) is -1.03. The number of ether oxygens (including phenoxy) is 2. The normalized spacial score (nSPS) is 11.0.